The van der Waals surface area contributed by atoms with Crippen LogP contribution in [-0.2, 0) is 6.42 Å². The highest BCUT2D eigenvalue weighted by Gasteiger charge is 2.17. The molecule has 5 heterocycles. The highest BCUT2D eigenvalue weighted by molar-refractivity contribution is 5.98. The zero-order chi connectivity index (χ0) is 25.1. The molecule has 0 radical (unpaired) electrons. The number of hydrogen-bond acceptors (Lipinski definition) is 8. The van der Waals surface area contributed by atoms with Crippen molar-refractivity contribution >= 4 is 28.2 Å². The first kappa shape index (κ1) is 23.8. The molecule has 0 aliphatic carbocycles. The third-order valence-corrected chi connectivity index (χ3v) is 6.36. The largest absolute Gasteiger partial charge is 0.382 e. The molecule has 1 fully saturated rings. The standard InChI is InChI=1S/C28H31N7O/c1-19(2)32-24-12-22(16-29-18-24)25-5-4-21-17-31-23(14-26(21)33-25)15-27(36)20-6-7-30-28(13-20)35-10-8-34(3)9-11-35/h4-7,12-14,16-19,32H,8-11,15H2,1-3H3. The Hall–Kier alpha value is -3.91. The quantitative estimate of drug-likeness (QED) is 0.395. The van der Waals surface area contributed by atoms with Crippen LogP contribution in [0, 0.1) is 0 Å². The van der Waals surface area contributed by atoms with Crippen LogP contribution in [0.15, 0.2) is 61.2 Å². The number of anilines is 2. The van der Waals surface area contributed by atoms with E-state index >= 15 is 0 Å². The minimum atomic E-state index is 0.0208. The molecule has 0 saturated carbocycles. The molecule has 8 heteroatoms. The van der Waals surface area contributed by atoms with Gasteiger partial charge in [-0.25, -0.2) is 9.97 Å². The van der Waals surface area contributed by atoms with E-state index < -0.39 is 0 Å². The van der Waals surface area contributed by atoms with Crippen molar-refractivity contribution in [3.05, 3.63) is 72.4 Å². The van der Waals surface area contributed by atoms with E-state index in [1.807, 2.05) is 42.7 Å². The van der Waals surface area contributed by atoms with E-state index in [0.29, 0.717) is 17.3 Å². The highest BCUT2D eigenvalue weighted by Crippen LogP contribution is 2.24. The van der Waals surface area contributed by atoms with Gasteiger partial charge >= 0.3 is 0 Å². The number of Topliss-reactive ketones (excluding diaryl/α,β-unsaturated/α-hetero) is 1. The topological polar surface area (TPSA) is 87.1 Å². The molecule has 0 aromatic carbocycles. The average Bonchev–Trinajstić information content (AvgIpc) is 2.88. The lowest BCUT2D eigenvalue weighted by Crippen LogP contribution is -2.44. The summed E-state index contributed by atoms with van der Waals surface area (Å²) < 4.78 is 0. The summed E-state index contributed by atoms with van der Waals surface area (Å²) in [6.07, 6.45) is 7.34. The van der Waals surface area contributed by atoms with Crippen molar-refractivity contribution in [2.45, 2.75) is 26.3 Å². The van der Waals surface area contributed by atoms with Crippen molar-refractivity contribution in [2.24, 2.45) is 0 Å². The predicted octanol–water partition coefficient (Wildman–Crippen LogP) is 4.08. The summed E-state index contributed by atoms with van der Waals surface area (Å²) >= 11 is 0. The van der Waals surface area contributed by atoms with E-state index in [1.54, 1.807) is 18.5 Å². The van der Waals surface area contributed by atoms with Gasteiger partial charge < -0.3 is 15.1 Å². The molecule has 1 aliphatic rings. The number of pyridine rings is 4. The van der Waals surface area contributed by atoms with Crippen LogP contribution in [0.5, 0.6) is 0 Å². The van der Waals surface area contributed by atoms with Crippen LogP contribution in [-0.4, -0.2) is 69.9 Å². The fraction of sp³-hybridized carbons (Fsp3) is 0.321. The molecule has 0 amide bonds. The summed E-state index contributed by atoms with van der Waals surface area (Å²) in [6.45, 7) is 7.99. The number of carbonyl (C=O) groups is 1. The average molecular weight is 482 g/mol. The Labute approximate surface area is 211 Å². The number of aromatic nitrogens is 4. The number of likely N-dealkylation sites (N-methyl/N-ethyl adjacent to an activating group) is 1. The van der Waals surface area contributed by atoms with Gasteiger partial charge in [-0.2, -0.15) is 0 Å². The molecular formula is C28H31N7O. The number of rotatable bonds is 7. The Morgan fingerprint density at radius 3 is 2.64 bits per heavy atom. The maximum absolute atomic E-state index is 13.1. The molecule has 5 rings (SSSR count). The van der Waals surface area contributed by atoms with Crippen LogP contribution >= 0.6 is 0 Å². The summed E-state index contributed by atoms with van der Waals surface area (Å²) in [6, 6.07) is 11.9. The SMILES string of the molecule is CC(C)Nc1cncc(-c2ccc3cnc(CC(=O)c4ccnc(N5CCN(C)CC5)c4)cc3n2)c1. The Morgan fingerprint density at radius 2 is 1.83 bits per heavy atom. The second kappa shape index (κ2) is 10.4. The first-order valence-electron chi connectivity index (χ1n) is 12.3. The first-order chi connectivity index (χ1) is 17.4. The molecule has 0 atom stereocenters. The number of carbonyl (C=O) groups excluding carboxylic acids is 1. The van der Waals surface area contributed by atoms with E-state index in [4.69, 9.17) is 4.98 Å². The minimum absolute atomic E-state index is 0.0208. The smallest absolute Gasteiger partial charge is 0.169 e. The molecule has 8 nitrogen and oxygen atoms in total. The van der Waals surface area contributed by atoms with Gasteiger partial charge in [-0.3, -0.25) is 14.8 Å². The number of hydrogen-bond donors (Lipinski definition) is 1. The summed E-state index contributed by atoms with van der Waals surface area (Å²) in [4.78, 5) is 35.9. The van der Waals surface area contributed by atoms with E-state index in [1.165, 1.54) is 0 Å². The molecule has 1 N–H and O–H groups in total. The van der Waals surface area contributed by atoms with Crippen LogP contribution in [0.2, 0.25) is 0 Å². The van der Waals surface area contributed by atoms with Crippen LogP contribution in [0.3, 0.4) is 0 Å². The van der Waals surface area contributed by atoms with Gasteiger partial charge in [-0.05, 0) is 57.3 Å². The van der Waals surface area contributed by atoms with E-state index in [0.717, 1.165) is 59.8 Å². The Morgan fingerprint density at radius 1 is 1.00 bits per heavy atom. The second-order valence-corrected chi connectivity index (χ2v) is 9.62. The number of fused-ring (bicyclic) bond motifs is 1. The van der Waals surface area contributed by atoms with Crippen molar-refractivity contribution in [2.75, 3.05) is 43.4 Å². The number of piperazine rings is 1. The zero-order valence-corrected chi connectivity index (χ0v) is 21.0. The number of nitrogens with one attached hydrogen (secondary N) is 1. The van der Waals surface area contributed by atoms with Gasteiger partial charge in [0.05, 0.1) is 29.0 Å². The third kappa shape index (κ3) is 5.49. The molecule has 0 spiro atoms. The summed E-state index contributed by atoms with van der Waals surface area (Å²) in [5, 5.41) is 4.31. The van der Waals surface area contributed by atoms with Crippen molar-refractivity contribution < 1.29 is 4.79 Å². The Bertz CT molecular complexity index is 1380. The van der Waals surface area contributed by atoms with Crippen LogP contribution in [0.4, 0.5) is 11.5 Å². The first-order valence-corrected chi connectivity index (χ1v) is 12.3. The molecule has 1 aliphatic heterocycles. The summed E-state index contributed by atoms with van der Waals surface area (Å²) in [5.74, 6) is 0.877. The second-order valence-electron chi connectivity index (χ2n) is 9.62. The zero-order valence-electron chi connectivity index (χ0n) is 21.0. The van der Waals surface area contributed by atoms with Gasteiger partial charge in [0, 0.05) is 73.5 Å². The van der Waals surface area contributed by atoms with Crippen molar-refractivity contribution in [1.82, 2.24) is 24.8 Å². The monoisotopic (exact) mass is 481 g/mol. The lowest BCUT2D eigenvalue weighted by molar-refractivity contribution is 0.0992. The summed E-state index contributed by atoms with van der Waals surface area (Å²) in [7, 11) is 2.12. The van der Waals surface area contributed by atoms with E-state index in [-0.39, 0.29) is 12.2 Å². The highest BCUT2D eigenvalue weighted by atomic mass is 16.1. The van der Waals surface area contributed by atoms with E-state index in [2.05, 4.69) is 51.0 Å². The molecule has 36 heavy (non-hydrogen) atoms. The number of ketones is 1. The maximum atomic E-state index is 13.1. The predicted molar refractivity (Wildman–Crippen MR) is 144 cm³/mol. The van der Waals surface area contributed by atoms with Crippen molar-refractivity contribution in [3.63, 3.8) is 0 Å². The Balaban J connectivity index is 1.35. The van der Waals surface area contributed by atoms with Crippen LogP contribution < -0.4 is 10.2 Å². The minimum Gasteiger partial charge on any atom is -0.382 e. The molecular weight excluding hydrogens is 450 g/mol. The maximum Gasteiger partial charge on any atom is 0.169 e. The van der Waals surface area contributed by atoms with Gasteiger partial charge in [-0.1, -0.05) is 0 Å². The van der Waals surface area contributed by atoms with Gasteiger partial charge in [0.2, 0.25) is 0 Å². The number of nitrogens with zero attached hydrogens (tertiary/aromatic N) is 6. The summed E-state index contributed by atoms with van der Waals surface area (Å²) in [5.41, 5.74) is 4.88. The molecule has 1 saturated heterocycles. The van der Waals surface area contributed by atoms with Gasteiger partial charge in [0.15, 0.2) is 5.78 Å². The van der Waals surface area contributed by atoms with Gasteiger partial charge in [-0.15, -0.1) is 0 Å². The van der Waals surface area contributed by atoms with E-state index in [9.17, 15) is 4.79 Å². The molecule has 0 unspecified atom stereocenters. The third-order valence-electron chi connectivity index (χ3n) is 6.36. The molecule has 0 bridgehead atoms. The fourth-order valence-electron chi connectivity index (χ4n) is 4.37. The Kier molecular flexibility index (Phi) is 6.86. The lowest BCUT2D eigenvalue weighted by atomic mass is 10.1. The van der Waals surface area contributed by atoms with Crippen LogP contribution in [0.1, 0.15) is 29.9 Å². The lowest BCUT2D eigenvalue weighted by Gasteiger charge is -2.33. The van der Waals surface area contributed by atoms with Gasteiger partial charge in [0.1, 0.15) is 5.82 Å². The van der Waals surface area contributed by atoms with Gasteiger partial charge in [0.25, 0.3) is 0 Å². The van der Waals surface area contributed by atoms with Crippen molar-refractivity contribution in [1.29, 1.82) is 0 Å². The molecule has 4 aromatic heterocycles. The fourth-order valence-corrected chi connectivity index (χ4v) is 4.37. The molecule has 184 valence electrons. The van der Waals surface area contributed by atoms with Crippen molar-refractivity contribution in [3.8, 4) is 11.3 Å². The normalized spacial score (nSPS) is 14.4. The molecule has 4 aromatic rings. The van der Waals surface area contributed by atoms with Crippen LogP contribution in [0.25, 0.3) is 22.2 Å².